The lowest BCUT2D eigenvalue weighted by molar-refractivity contribution is 0.238. The summed E-state index contributed by atoms with van der Waals surface area (Å²) in [5.41, 5.74) is 0.998. The maximum Gasteiger partial charge on any atom is 0.0850 e. The van der Waals surface area contributed by atoms with E-state index < -0.39 is 0 Å². The highest BCUT2D eigenvalue weighted by Crippen LogP contribution is 2.43. The van der Waals surface area contributed by atoms with Gasteiger partial charge in [-0.2, -0.15) is 5.26 Å². The molecule has 0 aliphatic heterocycles. The van der Waals surface area contributed by atoms with Gasteiger partial charge in [0.2, 0.25) is 0 Å². The van der Waals surface area contributed by atoms with E-state index in [0.717, 1.165) is 12.8 Å². The van der Waals surface area contributed by atoms with E-state index in [4.69, 9.17) is 0 Å². The van der Waals surface area contributed by atoms with Gasteiger partial charge in [-0.1, -0.05) is 62.9 Å². The molecule has 0 heterocycles. The van der Waals surface area contributed by atoms with E-state index in [2.05, 4.69) is 37.3 Å². The molecule has 0 radical (unpaired) electrons. The fourth-order valence-electron chi connectivity index (χ4n) is 3.52. The van der Waals surface area contributed by atoms with Crippen molar-refractivity contribution in [3.05, 3.63) is 35.9 Å². The van der Waals surface area contributed by atoms with Crippen molar-refractivity contribution in [1.29, 1.82) is 5.26 Å². The van der Waals surface area contributed by atoms with Crippen LogP contribution in [0.1, 0.15) is 57.4 Å². The van der Waals surface area contributed by atoms with Crippen LogP contribution in [0, 0.1) is 17.2 Å². The standard InChI is InChI=1S/C17H23N/c1-2-13-17(14-18,15-9-5-3-6-10-15)16-11-7-4-8-12-16/h3,5-6,9-10,16H,2,4,7-8,11-13H2,1H3. The lowest BCUT2D eigenvalue weighted by atomic mass is 9.64. The zero-order chi connectivity index (χ0) is 12.8. The summed E-state index contributed by atoms with van der Waals surface area (Å²) >= 11 is 0. The van der Waals surface area contributed by atoms with Gasteiger partial charge in [-0.05, 0) is 30.7 Å². The lowest BCUT2D eigenvalue weighted by Crippen LogP contribution is -2.35. The summed E-state index contributed by atoms with van der Waals surface area (Å²) in [7, 11) is 0. The molecule has 1 fully saturated rings. The molecule has 0 aromatic heterocycles. The van der Waals surface area contributed by atoms with Gasteiger partial charge in [0.1, 0.15) is 0 Å². The number of hydrogen-bond acceptors (Lipinski definition) is 1. The van der Waals surface area contributed by atoms with Gasteiger partial charge < -0.3 is 0 Å². The summed E-state index contributed by atoms with van der Waals surface area (Å²) in [5, 5.41) is 9.86. The van der Waals surface area contributed by atoms with Crippen LogP contribution in [0.2, 0.25) is 0 Å². The largest absolute Gasteiger partial charge is 0.197 e. The zero-order valence-corrected chi connectivity index (χ0v) is 11.4. The van der Waals surface area contributed by atoms with Crippen molar-refractivity contribution in [2.45, 2.75) is 57.3 Å². The van der Waals surface area contributed by atoms with Crippen LogP contribution in [0.3, 0.4) is 0 Å². The Morgan fingerprint density at radius 2 is 1.83 bits per heavy atom. The summed E-state index contributed by atoms with van der Waals surface area (Å²) in [6, 6.07) is 13.2. The zero-order valence-electron chi connectivity index (χ0n) is 11.4. The summed E-state index contributed by atoms with van der Waals surface area (Å²) < 4.78 is 0. The number of nitrogens with zero attached hydrogens (tertiary/aromatic N) is 1. The van der Waals surface area contributed by atoms with Crippen LogP contribution in [-0.4, -0.2) is 0 Å². The molecule has 0 N–H and O–H groups in total. The van der Waals surface area contributed by atoms with E-state index >= 15 is 0 Å². The van der Waals surface area contributed by atoms with Gasteiger partial charge in [-0.15, -0.1) is 0 Å². The first-order valence-corrected chi connectivity index (χ1v) is 7.30. The van der Waals surface area contributed by atoms with Crippen LogP contribution < -0.4 is 0 Å². The Labute approximate surface area is 111 Å². The molecular formula is C17H23N. The maximum atomic E-state index is 9.86. The molecule has 18 heavy (non-hydrogen) atoms. The van der Waals surface area contributed by atoms with Crippen LogP contribution in [0.25, 0.3) is 0 Å². The van der Waals surface area contributed by atoms with Crippen molar-refractivity contribution < 1.29 is 0 Å². The van der Waals surface area contributed by atoms with Gasteiger partial charge in [0.05, 0.1) is 11.5 Å². The second-order valence-corrected chi connectivity index (χ2v) is 5.53. The van der Waals surface area contributed by atoms with Crippen molar-refractivity contribution in [2.75, 3.05) is 0 Å². The molecule has 0 saturated heterocycles. The summed E-state index contributed by atoms with van der Waals surface area (Å²) in [6.45, 7) is 2.19. The predicted molar refractivity (Wildman–Crippen MR) is 75.2 cm³/mol. The highest BCUT2D eigenvalue weighted by molar-refractivity contribution is 5.33. The fourth-order valence-corrected chi connectivity index (χ4v) is 3.52. The number of rotatable bonds is 4. The van der Waals surface area contributed by atoms with Gasteiger partial charge >= 0.3 is 0 Å². The summed E-state index contributed by atoms with van der Waals surface area (Å²) in [5.74, 6) is 0.554. The first-order chi connectivity index (χ1) is 8.83. The Morgan fingerprint density at radius 3 is 2.39 bits per heavy atom. The van der Waals surface area contributed by atoms with Gasteiger partial charge in [-0.3, -0.25) is 0 Å². The van der Waals surface area contributed by atoms with E-state index in [0.29, 0.717) is 5.92 Å². The highest BCUT2D eigenvalue weighted by atomic mass is 14.5. The molecular weight excluding hydrogens is 218 g/mol. The van der Waals surface area contributed by atoms with E-state index in [1.165, 1.54) is 37.7 Å². The van der Waals surface area contributed by atoms with E-state index in [1.54, 1.807) is 0 Å². The second-order valence-electron chi connectivity index (χ2n) is 5.53. The third-order valence-electron chi connectivity index (χ3n) is 4.43. The molecule has 1 unspecified atom stereocenters. The first kappa shape index (κ1) is 13.1. The SMILES string of the molecule is CCCC(C#N)(c1ccccc1)C1CCCCC1. The highest BCUT2D eigenvalue weighted by Gasteiger charge is 2.40. The molecule has 0 spiro atoms. The predicted octanol–water partition coefficient (Wildman–Crippen LogP) is 4.83. The molecule has 1 heteroatoms. The van der Waals surface area contributed by atoms with E-state index in [1.807, 2.05) is 6.07 Å². The van der Waals surface area contributed by atoms with E-state index in [9.17, 15) is 5.26 Å². The third kappa shape index (κ3) is 2.43. The molecule has 1 nitrogen and oxygen atoms in total. The van der Waals surface area contributed by atoms with Crippen molar-refractivity contribution in [2.24, 2.45) is 5.92 Å². The van der Waals surface area contributed by atoms with Gasteiger partial charge in [0.15, 0.2) is 0 Å². The molecule has 1 atom stereocenters. The molecule has 96 valence electrons. The van der Waals surface area contributed by atoms with Crippen molar-refractivity contribution in [3.8, 4) is 6.07 Å². The minimum Gasteiger partial charge on any atom is -0.197 e. The maximum absolute atomic E-state index is 9.86. The topological polar surface area (TPSA) is 23.8 Å². The van der Waals surface area contributed by atoms with E-state index in [-0.39, 0.29) is 5.41 Å². The minimum atomic E-state index is -0.240. The molecule has 1 saturated carbocycles. The Balaban J connectivity index is 2.36. The molecule has 2 rings (SSSR count). The average molecular weight is 241 g/mol. The smallest absolute Gasteiger partial charge is 0.0850 e. The van der Waals surface area contributed by atoms with Crippen LogP contribution in [0.4, 0.5) is 0 Å². The molecule has 1 aromatic rings. The van der Waals surface area contributed by atoms with Crippen LogP contribution in [-0.2, 0) is 5.41 Å². The second kappa shape index (κ2) is 6.05. The molecule has 0 bridgehead atoms. The Morgan fingerprint density at radius 1 is 1.17 bits per heavy atom. The monoisotopic (exact) mass is 241 g/mol. The molecule has 1 aliphatic rings. The quantitative estimate of drug-likeness (QED) is 0.740. The summed E-state index contributed by atoms with van der Waals surface area (Å²) in [6.07, 6.45) is 8.47. The summed E-state index contributed by atoms with van der Waals surface area (Å²) in [4.78, 5) is 0. The Kier molecular flexibility index (Phi) is 4.42. The first-order valence-electron chi connectivity index (χ1n) is 7.30. The van der Waals surface area contributed by atoms with Crippen LogP contribution >= 0.6 is 0 Å². The lowest BCUT2D eigenvalue weighted by Gasteiger charge is -2.38. The van der Waals surface area contributed by atoms with Gasteiger partial charge in [0, 0.05) is 0 Å². The van der Waals surface area contributed by atoms with Crippen LogP contribution in [0.15, 0.2) is 30.3 Å². The normalized spacial score (nSPS) is 20.0. The third-order valence-corrected chi connectivity index (χ3v) is 4.43. The van der Waals surface area contributed by atoms with Crippen LogP contribution in [0.5, 0.6) is 0 Å². The van der Waals surface area contributed by atoms with Crippen molar-refractivity contribution >= 4 is 0 Å². The molecule has 1 aliphatic carbocycles. The Hall–Kier alpha value is -1.29. The van der Waals surface area contributed by atoms with Crippen molar-refractivity contribution in [3.63, 3.8) is 0 Å². The fraction of sp³-hybridized carbons (Fsp3) is 0.588. The Bertz CT molecular complexity index is 397. The number of hydrogen-bond donors (Lipinski definition) is 0. The molecule has 0 amide bonds. The van der Waals surface area contributed by atoms with Gasteiger partial charge in [0.25, 0.3) is 0 Å². The number of nitriles is 1. The van der Waals surface area contributed by atoms with Gasteiger partial charge in [-0.25, -0.2) is 0 Å². The average Bonchev–Trinajstić information content (AvgIpc) is 2.47. The minimum absolute atomic E-state index is 0.240. The molecule has 1 aromatic carbocycles. The van der Waals surface area contributed by atoms with Crippen molar-refractivity contribution in [1.82, 2.24) is 0 Å². The number of benzene rings is 1.